The summed E-state index contributed by atoms with van der Waals surface area (Å²) in [7, 11) is 0. The molecule has 1 atom stereocenters. The smallest absolute Gasteiger partial charge is 0.333 e. The summed E-state index contributed by atoms with van der Waals surface area (Å²) in [5, 5.41) is 13.2. The van der Waals surface area contributed by atoms with Crippen LogP contribution in [0.4, 0.5) is 5.69 Å². The third-order valence-corrected chi connectivity index (χ3v) is 3.50. The monoisotopic (exact) mass is 356 g/mol. The Morgan fingerprint density at radius 3 is 2.31 bits per heavy atom. The van der Waals surface area contributed by atoms with Gasteiger partial charge in [-0.05, 0) is 44.2 Å². The number of rotatable bonds is 6. The van der Waals surface area contributed by atoms with Crippen LogP contribution < -0.4 is 10.1 Å². The molecule has 0 bridgehead atoms. The predicted molar refractivity (Wildman–Crippen MR) is 92.1 cm³/mol. The minimum Gasteiger partial charge on any atom is -0.425 e. The van der Waals surface area contributed by atoms with Crippen molar-refractivity contribution < 1.29 is 24.0 Å². The molecule has 0 aliphatic rings. The van der Waals surface area contributed by atoms with Crippen LogP contribution in [0.2, 0.25) is 0 Å². The zero-order chi connectivity index (χ0) is 19.3. The first-order valence-electron chi connectivity index (χ1n) is 7.66. The molecule has 1 N–H and O–H groups in total. The van der Waals surface area contributed by atoms with E-state index in [0.29, 0.717) is 5.56 Å². The summed E-state index contributed by atoms with van der Waals surface area (Å²) in [6.45, 7) is 2.86. The van der Waals surface area contributed by atoms with E-state index in [0.717, 1.165) is 6.07 Å². The van der Waals surface area contributed by atoms with Gasteiger partial charge in [0.05, 0.1) is 4.92 Å². The molecule has 0 aliphatic heterocycles. The zero-order valence-corrected chi connectivity index (χ0v) is 14.1. The predicted octanol–water partition coefficient (Wildman–Crippen LogP) is 2.52. The lowest BCUT2D eigenvalue weighted by Gasteiger charge is -2.13. The van der Waals surface area contributed by atoms with Crippen LogP contribution in [0.15, 0.2) is 48.5 Å². The van der Waals surface area contributed by atoms with Crippen LogP contribution in [-0.2, 0) is 4.79 Å². The number of non-ortho nitro benzene ring substituents is 1. The van der Waals surface area contributed by atoms with Gasteiger partial charge in [0.15, 0.2) is 5.78 Å². The lowest BCUT2D eigenvalue weighted by atomic mass is 10.1. The average molecular weight is 356 g/mol. The lowest BCUT2D eigenvalue weighted by Crippen LogP contribution is -2.40. The van der Waals surface area contributed by atoms with Crippen LogP contribution in [0.3, 0.4) is 0 Å². The van der Waals surface area contributed by atoms with Gasteiger partial charge in [0.25, 0.3) is 11.6 Å². The molecule has 0 radical (unpaired) electrons. The van der Waals surface area contributed by atoms with Gasteiger partial charge >= 0.3 is 5.97 Å². The largest absolute Gasteiger partial charge is 0.425 e. The molecule has 0 fully saturated rings. The van der Waals surface area contributed by atoms with Crippen molar-refractivity contribution >= 4 is 23.3 Å². The number of carbonyl (C=O) groups excluding carboxylic acids is 3. The number of ketones is 1. The van der Waals surface area contributed by atoms with Gasteiger partial charge in [-0.3, -0.25) is 19.7 Å². The second-order valence-corrected chi connectivity index (χ2v) is 5.50. The molecule has 0 aliphatic carbocycles. The van der Waals surface area contributed by atoms with Crippen molar-refractivity contribution in [1.29, 1.82) is 0 Å². The molecule has 134 valence electrons. The van der Waals surface area contributed by atoms with Crippen LogP contribution in [0.5, 0.6) is 5.75 Å². The summed E-state index contributed by atoms with van der Waals surface area (Å²) in [6.07, 6.45) is 0. The molecule has 26 heavy (non-hydrogen) atoms. The molecule has 2 rings (SSSR count). The molecular formula is C18H16N2O6. The third-order valence-electron chi connectivity index (χ3n) is 3.50. The highest BCUT2D eigenvalue weighted by atomic mass is 16.6. The standard InChI is InChI=1S/C18H16N2O6/c1-11(18(23)26-16-8-6-13(7-9-16)12(2)21)19-17(22)14-4-3-5-15(10-14)20(24)25/h3-11H,1-2H3,(H,19,22)/t11-/m0/s1. The topological polar surface area (TPSA) is 116 Å². The number of amides is 1. The fourth-order valence-corrected chi connectivity index (χ4v) is 2.06. The SMILES string of the molecule is CC(=O)c1ccc(OC(=O)[C@H](C)NC(=O)c2cccc([N+](=O)[O-])c2)cc1. The Bertz CT molecular complexity index is 860. The van der Waals surface area contributed by atoms with E-state index in [1.807, 2.05) is 0 Å². The summed E-state index contributed by atoms with van der Waals surface area (Å²) < 4.78 is 5.14. The van der Waals surface area contributed by atoms with Crippen LogP contribution in [0, 0.1) is 10.1 Å². The quantitative estimate of drug-likeness (QED) is 0.279. The minimum absolute atomic E-state index is 0.0599. The van der Waals surface area contributed by atoms with E-state index in [9.17, 15) is 24.5 Å². The number of ether oxygens (including phenoxy) is 1. The van der Waals surface area contributed by atoms with E-state index in [-0.39, 0.29) is 22.8 Å². The number of nitro benzene ring substituents is 1. The number of hydrogen-bond donors (Lipinski definition) is 1. The number of hydrogen-bond acceptors (Lipinski definition) is 6. The van der Waals surface area contributed by atoms with Gasteiger partial charge in [-0.2, -0.15) is 0 Å². The maximum absolute atomic E-state index is 12.1. The highest BCUT2D eigenvalue weighted by Crippen LogP contribution is 2.15. The van der Waals surface area contributed by atoms with E-state index in [2.05, 4.69) is 5.32 Å². The molecule has 0 aromatic heterocycles. The second-order valence-electron chi connectivity index (χ2n) is 5.50. The Hall–Kier alpha value is -3.55. The van der Waals surface area contributed by atoms with Gasteiger partial charge in [-0.25, -0.2) is 4.79 Å². The highest BCUT2D eigenvalue weighted by molar-refractivity contribution is 5.97. The number of esters is 1. The molecule has 8 nitrogen and oxygen atoms in total. The van der Waals surface area contributed by atoms with Crippen LogP contribution in [-0.4, -0.2) is 28.6 Å². The maximum atomic E-state index is 12.1. The summed E-state index contributed by atoms with van der Waals surface area (Å²) in [5.74, 6) is -1.22. The molecule has 8 heteroatoms. The lowest BCUT2D eigenvalue weighted by molar-refractivity contribution is -0.384. The van der Waals surface area contributed by atoms with Crippen LogP contribution in [0.1, 0.15) is 34.6 Å². The number of benzene rings is 2. The van der Waals surface area contributed by atoms with Crippen molar-refractivity contribution in [2.75, 3.05) is 0 Å². The van der Waals surface area contributed by atoms with Gasteiger partial charge in [0, 0.05) is 23.3 Å². The molecule has 0 saturated heterocycles. The summed E-state index contributed by atoms with van der Waals surface area (Å²) in [6, 6.07) is 10.2. The van der Waals surface area contributed by atoms with E-state index in [4.69, 9.17) is 4.74 Å². The average Bonchev–Trinajstić information content (AvgIpc) is 2.62. The Morgan fingerprint density at radius 2 is 1.73 bits per heavy atom. The van der Waals surface area contributed by atoms with Crippen molar-refractivity contribution in [3.63, 3.8) is 0 Å². The van der Waals surface area contributed by atoms with Crippen molar-refractivity contribution in [3.05, 3.63) is 69.8 Å². The number of Topliss-reactive ketones (excluding diaryl/α,β-unsaturated/α-hetero) is 1. The highest BCUT2D eigenvalue weighted by Gasteiger charge is 2.20. The number of nitrogens with one attached hydrogen (secondary N) is 1. The molecule has 0 saturated carbocycles. The maximum Gasteiger partial charge on any atom is 0.333 e. The molecule has 0 unspecified atom stereocenters. The Morgan fingerprint density at radius 1 is 1.08 bits per heavy atom. The van der Waals surface area contributed by atoms with E-state index < -0.39 is 22.8 Å². The van der Waals surface area contributed by atoms with E-state index in [1.165, 1.54) is 56.3 Å². The summed E-state index contributed by atoms with van der Waals surface area (Å²) in [5.41, 5.74) is 0.319. The Kier molecular flexibility index (Phi) is 5.79. The van der Waals surface area contributed by atoms with E-state index >= 15 is 0 Å². The Labute approximate surface area is 148 Å². The summed E-state index contributed by atoms with van der Waals surface area (Å²) >= 11 is 0. The van der Waals surface area contributed by atoms with Crippen molar-refractivity contribution in [2.24, 2.45) is 0 Å². The van der Waals surface area contributed by atoms with Gasteiger partial charge in [-0.15, -0.1) is 0 Å². The van der Waals surface area contributed by atoms with E-state index in [1.54, 1.807) is 0 Å². The number of carbonyl (C=O) groups is 3. The van der Waals surface area contributed by atoms with Crippen molar-refractivity contribution in [2.45, 2.75) is 19.9 Å². The number of nitro groups is 1. The van der Waals surface area contributed by atoms with Crippen molar-refractivity contribution in [3.8, 4) is 5.75 Å². The molecule has 0 heterocycles. The molecule has 0 spiro atoms. The molecule has 1 amide bonds. The first-order chi connectivity index (χ1) is 12.3. The second kappa shape index (κ2) is 8.02. The fourth-order valence-electron chi connectivity index (χ4n) is 2.06. The van der Waals surface area contributed by atoms with Gasteiger partial charge in [0.1, 0.15) is 11.8 Å². The van der Waals surface area contributed by atoms with Gasteiger partial charge < -0.3 is 10.1 Å². The van der Waals surface area contributed by atoms with Gasteiger partial charge in [0.2, 0.25) is 0 Å². The minimum atomic E-state index is -0.978. The third kappa shape index (κ3) is 4.73. The first-order valence-corrected chi connectivity index (χ1v) is 7.66. The normalized spacial score (nSPS) is 11.3. The van der Waals surface area contributed by atoms with Crippen LogP contribution in [0.25, 0.3) is 0 Å². The summed E-state index contributed by atoms with van der Waals surface area (Å²) in [4.78, 5) is 45.5. The number of nitrogens with zero attached hydrogens (tertiary/aromatic N) is 1. The Balaban J connectivity index is 1.99. The van der Waals surface area contributed by atoms with Crippen LogP contribution >= 0.6 is 0 Å². The van der Waals surface area contributed by atoms with Gasteiger partial charge in [-0.1, -0.05) is 6.07 Å². The first kappa shape index (κ1) is 18.8. The molecular weight excluding hydrogens is 340 g/mol. The fraction of sp³-hybridized carbons (Fsp3) is 0.167. The zero-order valence-electron chi connectivity index (χ0n) is 14.1. The molecule has 2 aromatic carbocycles. The molecule has 2 aromatic rings. The van der Waals surface area contributed by atoms with Crippen molar-refractivity contribution in [1.82, 2.24) is 5.32 Å².